The third-order valence-electron chi connectivity index (χ3n) is 4.47. The highest BCUT2D eigenvalue weighted by molar-refractivity contribution is 5.80. The standard InChI is InChI=1S/C18H15N3O3/c1-10-6-13(8-15-18(10)24-9-23-15)17-16(19-21-20-17)12-3-2-11-4-5-22-14(11)7-12/h2-3,6-8H,4-5,9H2,1H3,(H,19,20,21). The summed E-state index contributed by atoms with van der Waals surface area (Å²) in [5.41, 5.74) is 5.87. The molecule has 0 atom stereocenters. The molecule has 0 saturated heterocycles. The maximum atomic E-state index is 5.67. The number of fused-ring (bicyclic) bond motifs is 2. The van der Waals surface area contributed by atoms with Crippen LogP contribution in [0.3, 0.4) is 0 Å². The van der Waals surface area contributed by atoms with Gasteiger partial charge in [0.25, 0.3) is 0 Å². The van der Waals surface area contributed by atoms with Gasteiger partial charge in [0, 0.05) is 17.5 Å². The predicted molar refractivity (Wildman–Crippen MR) is 87.3 cm³/mol. The molecule has 0 aliphatic carbocycles. The van der Waals surface area contributed by atoms with Gasteiger partial charge in [-0.3, -0.25) is 5.10 Å². The molecule has 1 N–H and O–H groups in total. The zero-order valence-electron chi connectivity index (χ0n) is 13.1. The number of hydrogen-bond donors (Lipinski definition) is 1. The molecule has 0 unspecified atom stereocenters. The van der Waals surface area contributed by atoms with Gasteiger partial charge < -0.3 is 14.2 Å². The average Bonchev–Trinajstić information content (AvgIpc) is 3.33. The van der Waals surface area contributed by atoms with Crippen LogP contribution in [0.25, 0.3) is 22.5 Å². The Balaban J connectivity index is 1.62. The van der Waals surface area contributed by atoms with Gasteiger partial charge in [0.05, 0.1) is 12.3 Å². The van der Waals surface area contributed by atoms with Crippen LogP contribution in [0, 0.1) is 6.92 Å². The molecule has 3 aromatic rings. The van der Waals surface area contributed by atoms with Gasteiger partial charge in [0.2, 0.25) is 6.79 Å². The molecule has 1 aromatic heterocycles. The van der Waals surface area contributed by atoms with E-state index in [1.807, 2.05) is 25.1 Å². The van der Waals surface area contributed by atoms with Gasteiger partial charge in [-0.15, -0.1) is 5.10 Å². The van der Waals surface area contributed by atoms with Crippen LogP contribution in [0.2, 0.25) is 0 Å². The van der Waals surface area contributed by atoms with Gasteiger partial charge in [0.15, 0.2) is 11.5 Å². The van der Waals surface area contributed by atoms with E-state index in [1.165, 1.54) is 5.56 Å². The summed E-state index contributed by atoms with van der Waals surface area (Å²) >= 11 is 0. The highest BCUT2D eigenvalue weighted by Crippen LogP contribution is 2.41. The van der Waals surface area contributed by atoms with Crippen LogP contribution >= 0.6 is 0 Å². The topological polar surface area (TPSA) is 69.3 Å². The van der Waals surface area contributed by atoms with Crippen molar-refractivity contribution < 1.29 is 14.2 Å². The van der Waals surface area contributed by atoms with E-state index in [1.54, 1.807) is 0 Å². The lowest BCUT2D eigenvalue weighted by Crippen LogP contribution is -1.93. The van der Waals surface area contributed by atoms with Crippen LogP contribution in [0.5, 0.6) is 17.2 Å². The fourth-order valence-corrected chi connectivity index (χ4v) is 3.28. The van der Waals surface area contributed by atoms with Crippen LogP contribution < -0.4 is 14.2 Å². The number of aryl methyl sites for hydroxylation is 1. The summed E-state index contributed by atoms with van der Waals surface area (Å²) < 4.78 is 16.7. The Labute approximate surface area is 138 Å². The second-order valence-electron chi connectivity index (χ2n) is 5.98. The number of benzene rings is 2. The first-order valence-electron chi connectivity index (χ1n) is 7.87. The number of hydrogen-bond acceptors (Lipinski definition) is 5. The molecule has 2 aliphatic rings. The smallest absolute Gasteiger partial charge is 0.231 e. The maximum Gasteiger partial charge on any atom is 0.231 e. The van der Waals surface area contributed by atoms with Gasteiger partial charge in [-0.05, 0) is 36.2 Å². The molecule has 0 fully saturated rings. The van der Waals surface area contributed by atoms with E-state index in [0.29, 0.717) is 0 Å². The SMILES string of the molecule is Cc1cc(-c2nn[nH]c2-c2ccc3c(c2)OCC3)cc2c1OCO2. The van der Waals surface area contributed by atoms with Crippen molar-refractivity contribution in [3.8, 4) is 39.8 Å². The molecule has 120 valence electrons. The molecule has 0 amide bonds. The van der Waals surface area contributed by atoms with Crippen molar-refractivity contribution in [3.63, 3.8) is 0 Å². The number of rotatable bonds is 2. The number of ether oxygens (including phenoxy) is 3. The molecule has 3 heterocycles. The van der Waals surface area contributed by atoms with Crippen LogP contribution in [-0.4, -0.2) is 28.8 Å². The molecule has 6 nitrogen and oxygen atoms in total. The molecular formula is C18H15N3O3. The molecule has 2 aromatic carbocycles. The van der Waals surface area contributed by atoms with Crippen LogP contribution in [0.15, 0.2) is 30.3 Å². The summed E-state index contributed by atoms with van der Waals surface area (Å²) in [4.78, 5) is 0. The van der Waals surface area contributed by atoms with Crippen molar-refractivity contribution >= 4 is 0 Å². The lowest BCUT2D eigenvalue weighted by molar-refractivity contribution is 0.173. The zero-order valence-corrected chi connectivity index (χ0v) is 13.1. The maximum absolute atomic E-state index is 5.67. The van der Waals surface area contributed by atoms with Crippen LogP contribution in [0.1, 0.15) is 11.1 Å². The van der Waals surface area contributed by atoms with E-state index in [-0.39, 0.29) is 6.79 Å². The van der Waals surface area contributed by atoms with E-state index in [0.717, 1.165) is 58.4 Å². The summed E-state index contributed by atoms with van der Waals surface area (Å²) in [6.07, 6.45) is 0.963. The van der Waals surface area contributed by atoms with E-state index in [2.05, 4.69) is 27.5 Å². The molecule has 0 radical (unpaired) electrons. The Morgan fingerprint density at radius 1 is 1.00 bits per heavy atom. The van der Waals surface area contributed by atoms with Gasteiger partial charge >= 0.3 is 0 Å². The number of nitrogens with one attached hydrogen (secondary N) is 1. The molecular weight excluding hydrogens is 306 g/mol. The molecule has 5 rings (SSSR count). The first-order valence-corrected chi connectivity index (χ1v) is 7.87. The minimum absolute atomic E-state index is 0.257. The highest BCUT2D eigenvalue weighted by atomic mass is 16.7. The van der Waals surface area contributed by atoms with Gasteiger partial charge in [-0.2, -0.15) is 0 Å². The monoisotopic (exact) mass is 321 g/mol. The predicted octanol–water partition coefficient (Wildman–Crippen LogP) is 3.11. The van der Waals surface area contributed by atoms with Crippen molar-refractivity contribution in [2.24, 2.45) is 0 Å². The van der Waals surface area contributed by atoms with Crippen LogP contribution in [-0.2, 0) is 6.42 Å². The van der Waals surface area contributed by atoms with E-state index < -0.39 is 0 Å². The Morgan fingerprint density at radius 2 is 1.92 bits per heavy atom. The Morgan fingerprint density at radius 3 is 2.88 bits per heavy atom. The first kappa shape index (κ1) is 13.4. The van der Waals surface area contributed by atoms with Crippen molar-refractivity contribution in [1.29, 1.82) is 0 Å². The van der Waals surface area contributed by atoms with E-state index in [9.17, 15) is 0 Å². The summed E-state index contributed by atoms with van der Waals surface area (Å²) in [5.74, 6) is 2.49. The van der Waals surface area contributed by atoms with Crippen molar-refractivity contribution in [2.45, 2.75) is 13.3 Å². The summed E-state index contributed by atoms with van der Waals surface area (Å²) in [6, 6.07) is 10.2. The lowest BCUT2D eigenvalue weighted by atomic mass is 10.0. The minimum atomic E-state index is 0.257. The Hall–Kier alpha value is -3.02. The Kier molecular flexibility index (Phi) is 2.79. The molecule has 0 spiro atoms. The third kappa shape index (κ3) is 1.96. The lowest BCUT2D eigenvalue weighted by Gasteiger charge is -2.07. The zero-order chi connectivity index (χ0) is 16.1. The van der Waals surface area contributed by atoms with Gasteiger partial charge in [0.1, 0.15) is 11.4 Å². The Bertz CT molecular complexity index is 949. The van der Waals surface area contributed by atoms with Gasteiger partial charge in [-0.25, -0.2) is 0 Å². The molecule has 0 bridgehead atoms. The second kappa shape index (κ2) is 4.99. The normalized spacial score (nSPS) is 14.5. The third-order valence-corrected chi connectivity index (χ3v) is 4.47. The average molecular weight is 321 g/mol. The summed E-state index contributed by atoms with van der Waals surface area (Å²) in [5, 5.41) is 11.3. The molecule has 2 aliphatic heterocycles. The largest absolute Gasteiger partial charge is 0.493 e. The van der Waals surface area contributed by atoms with E-state index in [4.69, 9.17) is 14.2 Å². The van der Waals surface area contributed by atoms with Gasteiger partial charge in [-0.1, -0.05) is 17.3 Å². The molecule has 0 saturated carbocycles. The summed E-state index contributed by atoms with van der Waals surface area (Å²) in [6.45, 7) is 3.00. The van der Waals surface area contributed by atoms with Crippen molar-refractivity contribution in [3.05, 3.63) is 41.5 Å². The fourth-order valence-electron chi connectivity index (χ4n) is 3.28. The highest BCUT2D eigenvalue weighted by Gasteiger charge is 2.21. The fraction of sp³-hybridized carbons (Fsp3) is 0.222. The summed E-state index contributed by atoms with van der Waals surface area (Å²) in [7, 11) is 0. The van der Waals surface area contributed by atoms with Crippen molar-refractivity contribution in [1.82, 2.24) is 15.4 Å². The number of aromatic amines is 1. The van der Waals surface area contributed by atoms with Crippen LogP contribution in [0.4, 0.5) is 0 Å². The molecule has 6 heteroatoms. The first-order chi connectivity index (χ1) is 11.8. The number of H-pyrrole nitrogens is 1. The number of nitrogens with zero attached hydrogens (tertiary/aromatic N) is 2. The minimum Gasteiger partial charge on any atom is -0.493 e. The van der Waals surface area contributed by atoms with Crippen molar-refractivity contribution in [2.75, 3.05) is 13.4 Å². The quantitative estimate of drug-likeness (QED) is 0.785. The number of aromatic nitrogens is 3. The second-order valence-corrected chi connectivity index (χ2v) is 5.98. The molecule has 24 heavy (non-hydrogen) atoms. The van der Waals surface area contributed by atoms with E-state index >= 15 is 0 Å².